The van der Waals surface area contributed by atoms with Crippen LogP contribution in [0.5, 0.6) is 0 Å². The minimum absolute atomic E-state index is 0.328. The smallest absolute Gasteiger partial charge is 0.0888 e. The van der Waals surface area contributed by atoms with Gasteiger partial charge >= 0.3 is 0 Å². The first-order valence-electron chi connectivity index (χ1n) is 8.82. The molecule has 0 aliphatic rings. The lowest BCUT2D eigenvalue weighted by atomic mass is 9.90. The summed E-state index contributed by atoms with van der Waals surface area (Å²) in [5, 5.41) is 28.5. The fraction of sp³-hybridized carbons (Fsp3) is 0.684. The molecule has 1 rings (SSSR count). The monoisotopic (exact) mass is 323 g/mol. The van der Waals surface area contributed by atoms with E-state index in [4.69, 9.17) is 5.73 Å². The van der Waals surface area contributed by atoms with Crippen LogP contribution in [0.25, 0.3) is 0 Å². The van der Waals surface area contributed by atoms with Gasteiger partial charge in [0.05, 0.1) is 24.9 Å². The highest BCUT2D eigenvalue weighted by Crippen LogP contribution is 2.15. The van der Waals surface area contributed by atoms with Gasteiger partial charge in [-0.25, -0.2) is 0 Å². The van der Waals surface area contributed by atoms with Crippen LogP contribution in [-0.4, -0.2) is 40.2 Å². The number of unbranched alkanes of at least 4 members (excludes halogenated alkanes) is 5. The van der Waals surface area contributed by atoms with Crippen molar-refractivity contribution in [2.75, 3.05) is 13.2 Å². The standard InChI is InChI=1S/C19H33NO3/c1-2-3-4-5-6-7-8-16-9-11-17(12-10-16)13-18(23)19(20,14-21)15-22/h9-12,18,21-23H,2-8,13-15,20H2,1H3. The molecule has 132 valence electrons. The quantitative estimate of drug-likeness (QED) is 0.444. The second-order valence-electron chi connectivity index (χ2n) is 6.60. The summed E-state index contributed by atoms with van der Waals surface area (Å²) in [5.74, 6) is 0. The molecule has 1 aromatic rings. The summed E-state index contributed by atoms with van der Waals surface area (Å²) in [6.45, 7) is 1.34. The fourth-order valence-electron chi connectivity index (χ4n) is 2.64. The largest absolute Gasteiger partial charge is 0.394 e. The van der Waals surface area contributed by atoms with Gasteiger partial charge < -0.3 is 21.1 Å². The zero-order valence-corrected chi connectivity index (χ0v) is 14.4. The van der Waals surface area contributed by atoms with Crippen molar-refractivity contribution < 1.29 is 15.3 Å². The molecule has 4 nitrogen and oxygen atoms in total. The average molecular weight is 323 g/mol. The van der Waals surface area contributed by atoms with Crippen LogP contribution < -0.4 is 5.73 Å². The van der Waals surface area contributed by atoms with E-state index in [2.05, 4.69) is 19.1 Å². The summed E-state index contributed by atoms with van der Waals surface area (Å²) < 4.78 is 0. The average Bonchev–Trinajstić information content (AvgIpc) is 2.58. The van der Waals surface area contributed by atoms with Gasteiger partial charge in [-0.15, -0.1) is 0 Å². The molecule has 0 spiro atoms. The van der Waals surface area contributed by atoms with Crippen LogP contribution in [0.1, 0.15) is 56.6 Å². The third-order valence-corrected chi connectivity index (χ3v) is 4.52. The van der Waals surface area contributed by atoms with Crippen molar-refractivity contribution in [3.63, 3.8) is 0 Å². The van der Waals surface area contributed by atoms with E-state index in [1.54, 1.807) is 0 Å². The molecule has 0 saturated carbocycles. The van der Waals surface area contributed by atoms with Gasteiger partial charge in [0.25, 0.3) is 0 Å². The minimum atomic E-state index is -1.35. The normalized spacial score (nSPS) is 13.3. The highest BCUT2D eigenvalue weighted by atomic mass is 16.3. The molecule has 0 aliphatic heterocycles. The van der Waals surface area contributed by atoms with Crippen molar-refractivity contribution >= 4 is 0 Å². The molecule has 1 aromatic carbocycles. The lowest BCUT2D eigenvalue weighted by molar-refractivity contribution is 0.00832. The Morgan fingerprint density at radius 3 is 2.00 bits per heavy atom. The Bertz CT molecular complexity index is 415. The number of aliphatic hydroxyl groups is 3. The van der Waals surface area contributed by atoms with E-state index in [0.29, 0.717) is 6.42 Å². The third kappa shape index (κ3) is 7.00. The second kappa shape index (κ2) is 10.8. The SMILES string of the molecule is CCCCCCCCc1ccc(CC(O)C(N)(CO)CO)cc1. The summed E-state index contributed by atoms with van der Waals surface area (Å²) in [5.41, 5.74) is 6.70. The van der Waals surface area contributed by atoms with Crippen LogP contribution in [0.2, 0.25) is 0 Å². The van der Waals surface area contributed by atoms with Crippen molar-refractivity contribution in [1.82, 2.24) is 0 Å². The number of hydrogen-bond acceptors (Lipinski definition) is 4. The molecule has 0 saturated heterocycles. The number of rotatable bonds is 12. The topological polar surface area (TPSA) is 86.7 Å². The molecule has 1 unspecified atom stereocenters. The maximum atomic E-state index is 10.1. The molecule has 5 N–H and O–H groups in total. The maximum absolute atomic E-state index is 10.1. The molecule has 0 aliphatic carbocycles. The molecular formula is C19H33NO3. The number of nitrogens with two attached hydrogens (primary N) is 1. The van der Waals surface area contributed by atoms with Crippen LogP contribution in [-0.2, 0) is 12.8 Å². The van der Waals surface area contributed by atoms with E-state index in [0.717, 1.165) is 12.0 Å². The van der Waals surface area contributed by atoms with E-state index < -0.39 is 24.9 Å². The van der Waals surface area contributed by atoms with Gasteiger partial charge in [0.1, 0.15) is 0 Å². The third-order valence-electron chi connectivity index (χ3n) is 4.52. The second-order valence-corrected chi connectivity index (χ2v) is 6.60. The van der Waals surface area contributed by atoms with Crippen LogP contribution in [0.15, 0.2) is 24.3 Å². The lowest BCUT2D eigenvalue weighted by Gasteiger charge is -2.30. The van der Waals surface area contributed by atoms with E-state index in [1.165, 1.54) is 44.1 Å². The highest BCUT2D eigenvalue weighted by molar-refractivity contribution is 5.23. The summed E-state index contributed by atoms with van der Waals surface area (Å²) in [7, 11) is 0. The molecule has 23 heavy (non-hydrogen) atoms. The lowest BCUT2D eigenvalue weighted by Crippen LogP contribution is -2.57. The summed E-state index contributed by atoms with van der Waals surface area (Å²) in [4.78, 5) is 0. The van der Waals surface area contributed by atoms with E-state index in [-0.39, 0.29) is 0 Å². The predicted molar refractivity (Wildman–Crippen MR) is 94.3 cm³/mol. The Hall–Kier alpha value is -0.940. The molecule has 0 fully saturated rings. The van der Waals surface area contributed by atoms with Crippen molar-refractivity contribution in [3.8, 4) is 0 Å². The van der Waals surface area contributed by atoms with Crippen LogP contribution >= 0.6 is 0 Å². The molecule has 1 atom stereocenters. The molecule has 0 amide bonds. The fourth-order valence-corrected chi connectivity index (χ4v) is 2.64. The Kier molecular flexibility index (Phi) is 9.41. The first kappa shape index (κ1) is 20.1. The molecule has 0 heterocycles. The van der Waals surface area contributed by atoms with Gasteiger partial charge in [0.2, 0.25) is 0 Å². The Labute approximate surface area is 140 Å². The van der Waals surface area contributed by atoms with Crippen LogP contribution in [0.4, 0.5) is 0 Å². The molecule has 4 heteroatoms. The maximum Gasteiger partial charge on any atom is 0.0888 e. The van der Waals surface area contributed by atoms with Crippen molar-refractivity contribution in [2.24, 2.45) is 5.73 Å². The summed E-state index contributed by atoms with van der Waals surface area (Å²) in [6.07, 6.45) is 8.21. The molecular weight excluding hydrogens is 290 g/mol. The van der Waals surface area contributed by atoms with Gasteiger partial charge in [0, 0.05) is 6.42 Å². The zero-order valence-electron chi connectivity index (χ0n) is 14.4. The summed E-state index contributed by atoms with van der Waals surface area (Å²) in [6, 6.07) is 8.16. The Morgan fingerprint density at radius 1 is 0.913 bits per heavy atom. The van der Waals surface area contributed by atoms with E-state index in [1.807, 2.05) is 12.1 Å². The zero-order chi connectivity index (χ0) is 17.1. The first-order chi connectivity index (χ1) is 11.1. The number of hydrogen-bond donors (Lipinski definition) is 4. The van der Waals surface area contributed by atoms with E-state index in [9.17, 15) is 15.3 Å². The van der Waals surface area contributed by atoms with Crippen LogP contribution in [0, 0.1) is 0 Å². The summed E-state index contributed by atoms with van der Waals surface area (Å²) >= 11 is 0. The van der Waals surface area contributed by atoms with Gasteiger partial charge in [-0.1, -0.05) is 63.3 Å². The van der Waals surface area contributed by atoms with Crippen LogP contribution in [0.3, 0.4) is 0 Å². The number of benzene rings is 1. The van der Waals surface area contributed by atoms with Gasteiger partial charge in [0.15, 0.2) is 0 Å². The molecule has 0 bridgehead atoms. The Morgan fingerprint density at radius 2 is 1.43 bits per heavy atom. The highest BCUT2D eigenvalue weighted by Gasteiger charge is 2.32. The van der Waals surface area contributed by atoms with Crippen molar-refractivity contribution in [2.45, 2.75) is 69.9 Å². The predicted octanol–water partition coefficient (Wildman–Crippen LogP) is 2.18. The minimum Gasteiger partial charge on any atom is -0.394 e. The molecule has 0 radical (unpaired) electrons. The number of aliphatic hydroxyl groups excluding tert-OH is 3. The van der Waals surface area contributed by atoms with Gasteiger partial charge in [-0.05, 0) is 24.0 Å². The number of aryl methyl sites for hydroxylation is 1. The first-order valence-corrected chi connectivity index (χ1v) is 8.82. The van der Waals surface area contributed by atoms with Gasteiger partial charge in [-0.2, -0.15) is 0 Å². The Balaban J connectivity index is 2.38. The van der Waals surface area contributed by atoms with Gasteiger partial charge in [-0.3, -0.25) is 0 Å². The van der Waals surface area contributed by atoms with Crippen molar-refractivity contribution in [1.29, 1.82) is 0 Å². The van der Waals surface area contributed by atoms with E-state index >= 15 is 0 Å². The molecule has 0 aromatic heterocycles. The van der Waals surface area contributed by atoms with Crippen molar-refractivity contribution in [3.05, 3.63) is 35.4 Å².